The van der Waals surface area contributed by atoms with Crippen molar-refractivity contribution in [3.63, 3.8) is 0 Å². The fraction of sp³-hybridized carbons (Fsp3) is 0.500. The van der Waals surface area contributed by atoms with Crippen LogP contribution in [0.15, 0.2) is 15.9 Å². The Morgan fingerprint density at radius 1 is 1.47 bits per heavy atom. The second-order valence-electron chi connectivity index (χ2n) is 3.63. The number of nitrogens with one attached hydrogen (secondary N) is 1. The zero-order valence-corrected chi connectivity index (χ0v) is 9.77. The topological polar surface area (TPSA) is 81.9 Å². The van der Waals surface area contributed by atoms with Crippen LogP contribution >= 0.6 is 0 Å². The fourth-order valence-electron chi connectivity index (χ4n) is 1.61. The average molecular weight is 238 g/mol. The molecule has 2 rings (SSSR count). The fourth-order valence-corrected chi connectivity index (χ4v) is 1.61. The largest absolute Gasteiger partial charge is 0.380 e. The molecule has 2 heterocycles. The Hall–Kier alpha value is -1.89. The highest BCUT2D eigenvalue weighted by Gasteiger charge is 2.10. The summed E-state index contributed by atoms with van der Waals surface area (Å²) in [6.07, 6.45) is 1.53. The lowest BCUT2D eigenvalue weighted by Gasteiger charge is -2.04. The Kier molecular flexibility index (Phi) is 3.10. The number of H-pyrrole nitrogens is 1. The van der Waals surface area contributed by atoms with Crippen molar-refractivity contribution in [1.82, 2.24) is 19.1 Å². The van der Waals surface area contributed by atoms with Gasteiger partial charge in [0.1, 0.15) is 0 Å². The number of ether oxygens (including phenoxy) is 1. The van der Waals surface area contributed by atoms with E-state index in [1.807, 2.05) is 6.92 Å². The normalized spacial score (nSPS) is 11.2. The van der Waals surface area contributed by atoms with E-state index in [0.29, 0.717) is 30.9 Å². The first-order valence-electron chi connectivity index (χ1n) is 5.37. The molecule has 0 atom stereocenters. The maximum atomic E-state index is 11.9. The minimum Gasteiger partial charge on any atom is -0.380 e. The molecule has 2 aromatic heterocycles. The van der Waals surface area contributed by atoms with Crippen molar-refractivity contribution in [1.29, 1.82) is 0 Å². The van der Waals surface area contributed by atoms with Crippen LogP contribution in [0.4, 0.5) is 0 Å². The lowest BCUT2D eigenvalue weighted by atomic mass is 10.5. The molecule has 0 amide bonds. The zero-order chi connectivity index (χ0) is 12.4. The first-order chi connectivity index (χ1) is 8.15. The first-order valence-corrected chi connectivity index (χ1v) is 5.37. The standard InChI is InChI=1S/C10H14N4O3/c1-3-17-5-4-14-6-11-8-7(14)9(15)13(2)10(16)12-8/h6H,3-5H2,1-2H3,(H,12,16). The third-order valence-corrected chi connectivity index (χ3v) is 2.56. The van der Waals surface area contributed by atoms with Gasteiger partial charge in [-0.1, -0.05) is 0 Å². The lowest BCUT2D eigenvalue weighted by molar-refractivity contribution is 0.139. The van der Waals surface area contributed by atoms with Gasteiger partial charge in [0, 0.05) is 20.2 Å². The summed E-state index contributed by atoms with van der Waals surface area (Å²) in [5.41, 5.74) is -0.100. The van der Waals surface area contributed by atoms with Gasteiger partial charge in [0.2, 0.25) is 0 Å². The molecule has 0 aliphatic heterocycles. The molecule has 92 valence electrons. The van der Waals surface area contributed by atoms with Crippen LogP contribution in [0.3, 0.4) is 0 Å². The summed E-state index contributed by atoms with van der Waals surface area (Å²) < 4.78 is 7.93. The van der Waals surface area contributed by atoms with Crippen LogP contribution in [0.25, 0.3) is 11.2 Å². The molecule has 0 radical (unpaired) electrons. The van der Waals surface area contributed by atoms with E-state index in [4.69, 9.17) is 4.74 Å². The van der Waals surface area contributed by atoms with E-state index in [1.165, 1.54) is 13.4 Å². The molecule has 1 N–H and O–H groups in total. The van der Waals surface area contributed by atoms with Gasteiger partial charge >= 0.3 is 5.69 Å². The molecule has 7 nitrogen and oxygen atoms in total. The second kappa shape index (κ2) is 4.54. The first kappa shape index (κ1) is 11.6. The lowest BCUT2D eigenvalue weighted by Crippen LogP contribution is -2.33. The van der Waals surface area contributed by atoms with E-state index < -0.39 is 5.69 Å². The summed E-state index contributed by atoms with van der Waals surface area (Å²) in [4.78, 5) is 29.8. The van der Waals surface area contributed by atoms with Crippen LogP contribution in [-0.2, 0) is 18.3 Å². The molecule has 2 aromatic rings. The van der Waals surface area contributed by atoms with Crippen molar-refractivity contribution in [2.24, 2.45) is 7.05 Å². The molecular weight excluding hydrogens is 224 g/mol. The summed E-state index contributed by atoms with van der Waals surface area (Å²) >= 11 is 0. The maximum Gasteiger partial charge on any atom is 0.329 e. The van der Waals surface area contributed by atoms with Crippen LogP contribution in [0, 0.1) is 0 Å². The number of hydrogen-bond acceptors (Lipinski definition) is 4. The van der Waals surface area contributed by atoms with Gasteiger partial charge in [0.05, 0.1) is 12.9 Å². The summed E-state index contributed by atoms with van der Waals surface area (Å²) in [7, 11) is 1.43. The van der Waals surface area contributed by atoms with E-state index in [2.05, 4.69) is 9.97 Å². The van der Waals surface area contributed by atoms with Crippen molar-refractivity contribution in [3.8, 4) is 0 Å². The zero-order valence-electron chi connectivity index (χ0n) is 9.77. The van der Waals surface area contributed by atoms with Gasteiger partial charge in [-0.05, 0) is 6.92 Å². The van der Waals surface area contributed by atoms with Crippen molar-refractivity contribution >= 4 is 11.2 Å². The molecule has 0 aromatic carbocycles. The summed E-state index contributed by atoms with van der Waals surface area (Å²) in [5.74, 6) is 0. The number of aromatic amines is 1. The van der Waals surface area contributed by atoms with Crippen LogP contribution in [-0.4, -0.2) is 32.3 Å². The Labute approximate surface area is 96.7 Å². The molecule has 0 saturated heterocycles. The van der Waals surface area contributed by atoms with Gasteiger partial charge in [-0.25, -0.2) is 9.78 Å². The molecule has 0 spiro atoms. The van der Waals surface area contributed by atoms with E-state index in [0.717, 1.165) is 4.57 Å². The van der Waals surface area contributed by atoms with Gasteiger partial charge in [-0.15, -0.1) is 0 Å². The van der Waals surface area contributed by atoms with Crippen molar-refractivity contribution in [3.05, 3.63) is 27.2 Å². The van der Waals surface area contributed by atoms with Gasteiger partial charge in [0.25, 0.3) is 5.56 Å². The molecular formula is C10H14N4O3. The average Bonchev–Trinajstić information content (AvgIpc) is 2.70. The molecule has 0 unspecified atom stereocenters. The predicted octanol–water partition coefficient (Wildman–Crippen LogP) is -0.540. The van der Waals surface area contributed by atoms with Gasteiger partial charge < -0.3 is 9.30 Å². The third kappa shape index (κ3) is 2.01. The Balaban J connectivity index is 2.49. The summed E-state index contributed by atoms with van der Waals surface area (Å²) in [6.45, 7) is 3.57. The van der Waals surface area contributed by atoms with Crippen LogP contribution in [0.2, 0.25) is 0 Å². The van der Waals surface area contributed by atoms with Crippen LogP contribution in [0.1, 0.15) is 6.92 Å². The minimum absolute atomic E-state index is 0.314. The molecule has 0 saturated carbocycles. The minimum atomic E-state index is -0.461. The monoisotopic (exact) mass is 238 g/mol. The number of aromatic nitrogens is 4. The molecule has 0 fully saturated rings. The number of rotatable bonds is 4. The van der Waals surface area contributed by atoms with Crippen molar-refractivity contribution in [2.75, 3.05) is 13.2 Å². The SMILES string of the molecule is CCOCCn1cnc2[nH]c(=O)n(C)c(=O)c21. The second-order valence-corrected chi connectivity index (χ2v) is 3.63. The van der Waals surface area contributed by atoms with Crippen molar-refractivity contribution in [2.45, 2.75) is 13.5 Å². The number of nitrogens with zero attached hydrogens (tertiary/aromatic N) is 3. The van der Waals surface area contributed by atoms with Gasteiger partial charge in [-0.2, -0.15) is 0 Å². The molecule has 0 aliphatic carbocycles. The Morgan fingerprint density at radius 2 is 2.24 bits per heavy atom. The highest BCUT2D eigenvalue weighted by Crippen LogP contribution is 2.02. The van der Waals surface area contributed by atoms with E-state index >= 15 is 0 Å². The van der Waals surface area contributed by atoms with E-state index in [-0.39, 0.29) is 5.56 Å². The smallest absolute Gasteiger partial charge is 0.329 e. The molecule has 0 bridgehead atoms. The van der Waals surface area contributed by atoms with Gasteiger partial charge in [-0.3, -0.25) is 14.3 Å². The Bertz CT molecular complexity index is 637. The quantitative estimate of drug-likeness (QED) is 0.725. The van der Waals surface area contributed by atoms with Gasteiger partial charge in [0.15, 0.2) is 11.2 Å². The van der Waals surface area contributed by atoms with E-state index in [9.17, 15) is 9.59 Å². The molecule has 17 heavy (non-hydrogen) atoms. The van der Waals surface area contributed by atoms with Crippen LogP contribution in [0.5, 0.6) is 0 Å². The summed E-state index contributed by atoms with van der Waals surface area (Å²) in [5, 5.41) is 0. The number of fused-ring (bicyclic) bond motifs is 1. The van der Waals surface area contributed by atoms with E-state index in [1.54, 1.807) is 4.57 Å². The predicted molar refractivity (Wildman–Crippen MR) is 62.1 cm³/mol. The summed E-state index contributed by atoms with van der Waals surface area (Å²) in [6, 6.07) is 0. The molecule has 0 aliphatic rings. The molecule has 7 heteroatoms. The van der Waals surface area contributed by atoms with Crippen LogP contribution < -0.4 is 11.2 Å². The third-order valence-electron chi connectivity index (χ3n) is 2.56. The maximum absolute atomic E-state index is 11.9. The highest BCUT2D eigenvalue weighted by molar-refractivity contribution is 5.68. The van der Waals surface area contributed by atoms with Crippen molar-refractivity contribution < 1.29 is 4.74 Å². The Morgan fingerprint density at radius 3 is 2.94 bits per heavy atom. The number of hydrogen-bond donors (Lipinski definition) is 1. The highest BCUT2D eigenvalue weighted by atomic mass is 16.5. The number of imidazole rings is 1.